The van der Waals surface area contributed by atoms with Crippen LogP contribution in [0.3, 0.4) is 0 Å². The molecule has 12 heteroatoms. The second-order valence-electron chi connectivity index (χ2n) is 9.92. The first-order chi connectivity index (χ1) is 14.1. The Balaban J connectivity index is 5.12. The van der Waals surface area contributed by atoms with Gasteiger partial charge in [-0.1, -0.05) is 55.2 Å². The number of nitrogens with two attached hydrogens (primary N) is 2. The number of nitrogens with zero attached hydrogens (tertiary/aromatic N) is 1. The molecule has 0 spiro atoms. The van der Waals surface area contributed by atoms with E-state index in [1.54, 1.807) is 0 Å². The fraction of sp³-hybridized carbons (Fsp3) is 0.789. The van der Waals surface area contributed by atoms with Gasteiger partial charge in [-0.15, -0.1) is 0 Å². The number of amides is 2. The molecule has 0 aromatic heterocycles. The van der Waals surface area contributed by atoms with Gasteiger partial charge < -0.3 is 25.8 Å². The molecule has 0 saturated carbocycles. The van der Waals surface area contributed by atoms with Crippen LogP contribution < -0.4 is 11.5 Å². The van der Waals surface area contributed by atoms with Crippen molar-refractivity contribution in [3.8, 4) is 0 Å². The standard InChI is InChI=1S/C19H38BrN3O6Si2/c1-30(2,3)9-7-28-17(25)11-15(18(22)26)23(16(24)12-20)13-14(21)19(27)29-8-10-31(4,5)6/h14-15H,7-13,21H2,1-6H3,(H2,22,26)/t14-,15+/m1/s1. The van der Waals surface area contributed by atoms with Crippen LogP contribution in [0.2, 0.25) is 51.4 Å². The zero-order chi connectivity index (χ0) is 24.4. The predicted molar refractivity (Wildman–Crippen MR) is 129 cm³/mol. The van der Waals surface area contributed by atoms with Crippen LogP contribution in [-0.4, -0.2) is 82.0 Å². The van der Waals surface area contributed by atoms with E-state index in [0.29, 0.717) is 0 Å². The van der Waals surface area contributed by atoms with E-state index in [2.05, 4.69) is 55.2 Å². The van der Waals surface area contributed by atoms with Crippen molar-refractivity contribution in [3.63, 3.8) is 0 Å². The molecule has 0 unspecified atom stereocenters. The summed E-state index contributed by atoms with van der Waals surface area (Å²) in [4.78, 5) is 49.9. The summed E-state index contributed by atoms with van der Waals surface area (Å²) in [5.74, 6) is -2.72. The lowest BCUT2D eigenvalue weighted by Crippen LogP contribution is -2.55. The number of halogens is 1. The van der Waals surface area contributed by atoms with Crippen molar-refractivity contribution in [2.45, 2.75) is 69.9 Å². The lowest BCUT2D eigenvalue weighted by Gasteiger charge is -2.30. The smallest absolute Gasteiger partial charge is 0.324 e. The molecule has 0 bridgehead atoms. The molecule has 180 valence electrons. The summed E-state index contributed by atoms with van der Waals surface area (Å²) in [6.45, 7) is 13.1. The molecule has 0 aliphatic rings. The normalized spacial score (nSPS) is 13.8. The Morgan fingerprint density at radius 2 is 1.42 bits per heavy atom. The van der Waals surface area contributed by atoms with Gasteiger partial charge >= 0.3 is 11.9 Å². The van der Waals surface area contributed by atoms with E-state index in [1.807, 2.05) is 0 Å². The Labute approximate surface area is 195 Å². The molecule has 0 aliphatic carbocycles. The van der Waals surface area contributed by atoms with Gasteiger partial charge in [0.25, 0.3) is 0 Å². The molecule has 0 radical (unpaired) electrons. The highest BCUT2D eigenvalue weighted by molar-refractivity contribution is 9.09. The van der Waals surface area contributed by atoms with Gasteiger partial charge in [0.05, 0.1) is 25.0 Å². The molecule has 0 aromatic carbocycles. The fourth-order valence-corrected chi connectivity index (χ4v) is 4.13. The average Bonchev–Trinajstić information content (AvgIpc) is 2.61. The largest absolute Gasteiger partial charge is 0.466 e. The van der Waals surface area contributed by atoms with E-state index in [9.17, 15) is 19.2 Å². The number of primary amides is 1. The summed E-state index contributed by atoms with van der Waals surface area (Å²) < 4.78 is 10.4. The molecule has 31 heavy (non-hydrogen) atoms. The van der Waals surface area contributed by atoms with E-state index >= 15 is 0 Å². The summed E-state index contributed by atoms with van der Waals surface area (Å²) in [7, 11) is -2.78. The number of alkyl halides is 1. The Morgan fingerprint density at radius 3 is 1.84 bits per heavy atom. The number of ether oxygens (including phenoxy) is 2. The molecule has 0 aromatic rings. The third kappa shape index (κ3) is 13.7. The summed E-state index contributed by atoms with van der Waals surface area (Å²) in [6.07, 6.45) is -0.406. The fourth-order valence-electron chi connectivity index (χ4n) is 2.38. The van der Waals surface area contributed by atoms with Crippen LogP contribution in [0.25, 0.3) is 0 Å². The molecule has 9 nitrogen and oxygen atoms in total. The van der Waals surface area contributed by atoms with Crippen molar-refractivity contribution in [1.82, 2.24) is 4.90 Å². The SMILES string of the molecule is C[Si](C)(C)CCOC(=O)C[C@@H](C(N)=O)N(C[C@@H](N)C(=O)OCC[Si](C)(C)C)C(=O)CBr. The minimum Gasteiger partial charge on any atom is -0.466 e. The first-order valence-corrected chi connectivity index (χ1v) is 18.8. The molecule has 0 rings (SSSR count). The zero-order valence-electron chi connectivity index (χ0n) is 19.5. The van der Waals surface area contributed by atoms with Crippen LogP contribution in [0.5, 0.6) is 0 Å². The van der Waals surface area contributed by atoms with Gasteiger partial charge in [-0.3, -0.25) is 19.2 Å². The van der Waals surface area contributed by atoms with Gasteiger partial charge in [-0.05, 0) is 12.1 Å². The third-order valence-corrected chi connectivity index (χ3v) is 8.29. The molecule has 0 fully saturated rings. The van der Waals surface area contributed by atoms with E-state index < -0.39 is 58.4 Å². The predicted octanol–water partition coefficient (Wildman–Crippen LogP) is 1.54. The topological polar surface area (TPSA) is 142 Å². The minimum atomic E-state index is -1.39. The molecular formula is C19H38BrN3O6Si2. The number of esters is 2. The van der Waals surface area contributed by atoms with E-state index in [1.165, 1.54) is 0 Å². The van der Waals surface area contributed by atoms with Crippen molar-refractivity contribution in [3.05, 3.63) is 0 Å². The highest BCUT2D eigenvalue weighted by atomic mass is 79.9. The lowest BCUT2D eigenvalue weighted by molar-refractivity contribution is -0.150. The Bertz CT molecular complexity index is 637. The molecular weight excluding hydrogens is 502 g/mol. The first-order valence-electron chi connectivity index (χ1n) is 10.3. The molecule has 0 saturated heterocycles. The van der Waals surface area contributed by atoms with Crippen molar-refractivity contribution in [2.24, 2.45) is 11.5 Å². The van der Waals surface area contributed by atoms with Crippen LogP contribution in [0.1, 0.15) is 6.42 Å². The van der Waals surface area contributed by atoms with E-state index in [0.717, 1.165) is 17.0 Å². The monoisotopic (exact) mass is 539 g/mol. The maximum atomic E-state index is 12.4. The van der Waals surface area contributed by atoms with E-state index in [4.69, 9.17) is 20.9 Å². The molecule has 2 atom stereocenters. The van der Waals surface area contributed by atoms with Crippen LogP contribution in [0, 0.1) is 0 Å². The summed E-state index contributed by atoms with van der Waals surface area (Å²) in [5, 5.41) is -0.126. The lowest BCUT2D eigenvalue weighted by atomic mass is 10.1. The summed E-state index contributed by atoms with van der Waals surface area (Å²) >= 11 is 3.05. The van der Waals surface area contributed by atoms with Crippen LogP contribution >= 0.6 is 15.9 Å². The van der Waals surface area contributed by atoms with Gasteiger partial charge in [-0.25, -0.2) is 0 Å². The maximum absolute atomic E-state index is 12.4. The van der Waals surface area contributed by atoms with Gasteiger partial charge in [0.15, 0.2) is 0 Å². The van der Waals surface area contributed by atoms with Crippen molar-refractivity contribution >= 4 is 55.8 Å². The van der Waals surface area contributed by atoms with Crippen LogP contribution in [-0.2, 0) is 28.7 Å². The zero-order valence-corrected chi connectivity index (χ0v) is 23.1. The molecule has 0 heterocycles. The van der Waals surface area contributed by atoms with Crippen molar-refractivity contribution < 1.29 is 28.7 Å². The van der Waals surface area contributed by atoms with Gasteiger partial charge in [0.2, 0.25) is 11.8 Å². The van der Waals surface area contributed by atoms with Crippen molar-refractivity contribution in [2.75, 3.05) is 25.1 Å². The molecule has 2 amide bonds. The summed E-state index contributed by atoms with van der Waals surface area (Å²) in [6, 6.07) is -0.888. The van der Waals surface area contributed by atoms with Gasteiger partial charge in [-0.2, -0.15) is 0 Å². The number of carbonyl (C=O) groups excluding carboxylic acids is 4. The third-order valence-electron chi connectivity index (χ3n) is 4.41. The Hall–Kier alpha value is -1.25. The second kappa shape index (κ2) is 13.3. The van der Waals surface area contributed by atoms with Crippen LogP contribution in [0.4, 0.5) is 0 Å². The van der Waals surface area contributed by atoms with Crippen LogP contribution in [0.15, 0.2) is 0 Å². The first kappa shape index (κ1) is 29.8. The van der Waals surface area contributed by atoms with Gasteiger partial charge in [0.1, 0.15) is 12.1 Å². The number of carbonyl (C=O) groups is 4. The quantitative estimate of drug-likeness (QED) is 0.193. The van der Waals surface area contributed by atoms with E-state index in [-0.39, 0.29) is 25.1 Å². The second-order valence-corrected chi connectivity index (χ2v) is 21.7. The molecule has 4 N–H and O–H groups in total. The minimum absolute atomic E-state index is 0.126. The summed E-state index contributed by atoms with van der Waals surface area (Å²) in [5.41, 5.74) is 11.4. The highest BCUT2D eigenvalue weighted by Crippen LogP contribution is 2.12. The number of rotatable bonds is 14. The Kier molecular flexibility index (Phi) is 12.8. The maximum Gasteiger partial charge on any atom is 0.324 e. The average molecular weight is 541 g/mol. The van der Waals surface area contributed by atoms with Crippen molar-refractivity contribution in [1.29, 1.82) is 0 Å². The number of hydrogen-bond acceptors (Lipinski definition) is 7. The molecule has 0 aliphatic heterocycles. The Morgan fingerprint density at radius 1 is 0.935 bits per heavy atom. The van der Waals surface area contributed by atoms with Gasteiger partial charge in [0, 0.05) is 22.7 Å². The highest BCUT2D eigenvalue weighted by Gasteiger charge is 2.33. The number of hydrogen-bond donors (Lipinski definition) is 2.